The predicted molar refractivity (Wildman–Crippen MR) is 201 cm³/mol. The lowest BCUT2D eigenvalue weighted by atomic mass is 10.0. The third-order valence-corrected chi connectivity index (χ3v) is 10.1. The Labute approximate surface area is 293 Å². The van der Waals surface area contributed by atoms with E-state index in [1.165, 1.54) is 180 Å². The molecule has 1 saturated heterocycles. The van der Waals surface area contributed by atoms with Gasteiger partial charge in [-0.05, 0) is 12.8 Å². The van der Waals surface area contributed by atoms with Gasteiger partial charge in [-0.2, -0.15) is 0 Å². The van der Waals surface area contributed by atoms with Crippen molar-refractivity contribution in [1.29, 1.82) is 0 Å². The van der Waals surface area contributed by atoms with Crippen molar-refractivity contribution < 1.29 is 19.1 Å². The summed E-state index contributed by atoms with van der Waals surface area (Å²) in [6, 6.07) is -0.464. The highest BCUT2D eigenvalue weighted by Gasteiger charge is 2.36. The summed E-state index contributed by atoms with van der Waals surface area (Å²) in [5.41, 5.74) is 0. The molecule has 1 unspecified atom stereocenters. The molecule has 0 aromatic heterocycles. The molecule has 1 aliphatic rings. The van der Waals surface area contributed by atoms with Gasteiger partial charge < -0.3 is 9.47 Å². The minimum absolute atomic E-state index is 0.122. The Morgan fingerprint density at radius 1 is 0.426 bits per heavy atom. The first-order valence-corrected chi connectivity index (χ1v) is 21.2. The van der Waals surface area contributed by atoms with E-state index in [1.807, 2.05) is 4.90 Å². The van der Waals surface area contributed by atoms with Crippen molar-refractivity contribution in [2.75, 3.05) is 26.3 Å². The molecule has 0 amide bonds. The van der Waals surface area contributed by atoms with Crippen LogP contribution in [0.2, 0.25) is 0 Å². The molecule has 0 radical (unpaired) electrons. The number of hydrogen-bond acceptors (Lipinski definition) is 5. The van der Waals surface area contributed by atoms with Crippen molar-refractivity contribution in [3.8, 4) is 0 Å². The summed E-state index contributed by atoms with van der Waals surface area (Å²) in [4.78, 5) is 27.1. The van der Waals surface area contributed by atoms with Crippen LogP contribution in [0, 0.1) is 0 Å². The van der Waals surface area contributed by atoms with E-state index in [9.17, 15) is 9.59 Å². The standard InChI is InChI=1S/C42H81NO4/c1-3-5-7-9-11-13-15-17-19-21-23-25-27-29-31-33-37-46-41(44)39-40(43-35-36-43)42(45)47-38-34-32-30-28-26-24-22-20-18-16-14-12-10-8-6-4-2/h40H,3-39H2,1-2H3. The fourth-order valence-corrected chi connectivity index (χ4v) is 6.70. The summed E-state index contributed by atoms with van der Waals surface area (Å²) in [6.07, 6.45) is 42.7. The first-order chi connectivity index (χ1) is 23.2. The zero-order chi connectivity index (χ0) is 33.9. The average molecular weight is 664 g/mol. The Morgan fingerprint density at radius 2 is 0.702 bits per heavy atom. The van der Waals surface area contributed by atoms with Gasteiger partial charge in [-0.15, -0.1) is 0 Å². The molecule has 0 aromatic rings. The molecule has 0 bridgehead atoms. The molecule has 5 heteroatoms. The molecule has 0 saturated carbocycles. The molecular weight excluding hydrogens is 582 g/mol. The number of carbonyl (C=O) groups excluding carboxylic acids is 2. The van der Waals surface area contributed by atoms with Crippen LogP contribution < -0.4 is 0 Å². The maximum Gasteiger partial charge on any atom is 0.323 e. The van der Waals surface area contributed by atoms with E-state index in [-0.39, 0.29) is 18.4 Å². The van der Waals surface area contributed by atoms with Crippen LogP contribution in [0.5, 0.6) is 0 Å². The first-order valence-electron chi connectivity index (χ1n) is 21.2. The molecule has 1 rings (SSSR count). The van der Waals surface area contributed by atoms with Crippen molar-refractivity contribution in [2.24, 2.45) is 0 Å². The number of esters is 2. The van der Waals surface area contributed by atoms with Crippen LogP contribution in [0.25, 0.3) is 0 Å². The Morgan fingerprint density at radius 3 is 1.00 bits per heavy atom. The van der Waals surface area contributed by atoms with Crippen molar-refractivity contribution in [3.05, 3.63) is 0 Å². The molecule has 0 aromatic carbocycles. The smallest absolute Gasteiger partial charge is 0.323 e. The summed E-state index contributed by atoms with van der Waals surface area (Å²) in [6.45, 7) is 7.24. The van der Waals surface area contributed by atoms with Gasteiger partial charge in [-0.1, -0.05) is 206 Å². The number of nitrogens with zero attached hydrogens (tertiary/aromatic N) is 1. The van der Waals surface area contributed by atoms with Gasteiger partial charge in [0.1, 0.15) is 6.04 Å². The largest absolute Gasteiger partial charge is 0.466 e. The van der Waals surface area contributed by atoms with Crippen LogP contribution in [0.15, 0.2) is 0 Å². The lowest BCUT2D eigenvalue weighted by Crippen LogP contribution is -2.34. The zero-order valence-corrected chi connectivity index (χ0v) is 31.8. The second kappa shape index (κ2) is 34.8. The van der Waals surface area contributed by atoms with E-state index >= 15 is 0 Å². The maximum absolute atomic E-state index is 12.7. The van der Waals surface area contributed by atoms with Crippen LogP contribution in [-0.2, 0) is 19.1 Å². The molecule has 5 nitrogen and oxygen atoms in total. The van der Waals surface area contributed by atoms with Crippen LogP contribution in [0.4, 0.5) is 0 Å². The summed E-state index contributed by atoms with van der Waals surface area (Å²) < 4.78 is 11.1. The van der Waals surface area contributed by atoms with E-state index in [4.69, 9.17) is 9.47 Å². The molecular formula is C42H81NO4. The van der Waals surface area contributed by atoms with E-state index < -0.39 is 6.04 Å². The summed E-state index contributed by atoms with van der Waals surface area (Å²) in [7, 11) is 0. The van der Waals surface area contributed by atoms with Gasteiger partial charge in [0.25, 0.3) is 0 Å². The van der Waals surface area contributed by atoms with Gasteiger partial charge in [-0.3, -0.25) is 14.5 Å². The van der Waals surface area contributed by atoms with E-state index in [0.717, 1.165) is 38.8 Å². The molecule has 1 aliphatic heterocycles. The van der Waals surface area contributed by atoms with Crippen LogP contribution in [-0.4, -0.2) is 49.2 Å². The normalized spacial score (nSPS) is 13.6. The molecule has 278 valence electrons. The number of hydrogen-bond donors (Lipinski definition) is 0. The molecule has 0 spiro atoms. The number of ether oxygens (including phenoxy) is 2. The Balaban J connectivity index is 1.88. The lowest BCUT2D eigenvalue weighted by Gasteiger charge is -2.16. The Kier molecular flexibility index (Phi) is 32.5. The van der Waals surface area contributed by atoms with Gasteiger partial charge in [0, 0.05) is 13.1 Å². The van der Waals surface area contributed by atoms with Crippen molar-refractivity contribution in [3.63, 3.8) is 0 Å². The van der Waals surface area contributed by atoms with Crippen LogP contribution >= 0.6 is 0 Å². The molecule has 0 N–H and O–H groups in total. The summed E-state index contributed by atoms with van der Waals surface area (Å²) >= 11 is 0. The van der Waals surface area contributed by atoms with Crippen molar-refractivity contribution in [1.82, 2.24) is 4.90 Å². The first kappa shape index (κ1) is 43.9. The average Bonchev–Trinajstić information content (AvgIpc) is 3.92. The fraction of sp³-hybridized carbons (Fsp3) is 0.952. The lowest BCUT2D eigenvalue weighted by molar-refractivity contribution is -0.154. The van der Waals surface area contributed by atoms with Gasteiger partial charge in [0.15, 0.2) is 0 Å². The SMILES string of the molecule is CCCCCCCCCCCCCCCCCCOC(=O)CC(C(=O)OCCCCCCCCCCCCCCCCCC)N1CC1. The quantitative estimate of drug-likeness (QED) is 0.0374. The zero-order valence-electron chi connectivity index (χ0n) is 31.8. The van der Waals surface area contributed by atoms with Gasteiger partial charge in [0.05, 0.1) is 19.6 Å². The molecule has 1 heterocycles. The summed E-state index contributed by atoms with van der Waals surface area (Å²) in [5, 5.41) is 0. The molecule has 1 fully saturated rings. The minimum atomic E-state index is -0.464. The topological polar surface area (TPSA) is 55.6 Å². The number of carbonyl (C=O) groups is 2. The second-order valence-corrected chi connectivity index (χ2v) is 14.8. The summed E-state index contributed by atoms with van der Waals surface area (Å²) in [5.74, 6) is -0.509. The maximum atomic E-state index is 12.7. The van der Waals surface area contributed by atoms with Gasteiger partial charge in [0.2, 0.25) is 0 Å². The van der Waals surface area contributed by atoms with E-state index in [1.54, 1.807) is 0 Å². The van der Waals surface area contributed by atoms with E-state index in [2.05, 4.69) is 13.8 Å². The molecule has 1 atom stereocenters. The highest BCUT2D eigenvalue weighted by Crippen LogP contribution is 2.18. The van der Waals surface area contributed by atoms with Crippen molar-refractivity contribution >= 4 is 11.9 Å². The van der Waals surface area contributed by atoms with Gasteiger partial charge >= 0.3 is 11.9 Å². The number of unbranched alkanes of at least 4 members (excludes halogenated alkanes) is 30. The molecule has 47 heavy (non-hydrogen) atoms. The molecule has 0 aliphatic carbocycles. The highest BCUT2D eigenvalue weighted by molar-refractivity contribution is 5.83. The van der Waals surface area contributed by atoms with Gasteiger partial charge in [-0.25, -0.2) is 0 Å². The number of rotatable bonds is 38. The fourth-order valence-electron chi connectivity index (χ4n) is 6.70. The second-order valence-electron chi connectivity index (χ2n) is 14.8. The monoisotopic (exact) mass is 664 g/mol. The third-order valence-electron chi connectivity index (χ3n) is 10.1. The third kappa shape index (κ3) is 30.7. The Hall–Kier alpha value is -1.10. The highest BCUT2D eigenvalue weighted by atomic mass is 16.5. The van der Waals surface area contributed by atoms with E-state index in [0.29, 0.717) is 13.2 Å². The van der Waals surface area contributed by atoms with Crippen molar-refractivity contribution in [2.45, 2.75) is 232 Å². The van der Waals surface area contributed by atoms with Crippen LogP contribution in [0.1, 0.15) is 226 Å². The minimum Gasteiger partial charge on any atom is -0.466 e. The van der Waals surface area contributed by atoms with Crippen LogP contribution in [0.3, 0.4) is 0 Å². The Bertz CT molecular complexity index is 680. The predicted octanol–water partition coefficient (Wildman–Crippen LogP) is 12.7.